The number of carbonyl (C=O) groups excluding carboxylic acids is 1. The standard InChI is InChI=1S/C12H10ClN3O/c13-10-5-4-9(8-15-10)7-12(17)16-11-3-1-2-6-14-11/h1-6,8H,7H2,(H,14,16,17). The quantitative estimate of drug-likeness (QED) is 0.847. The number of nitrogens with one attached hydrogen (secondary N) is 1. The molecule has 0 fully saturated rings. The van der Waals surface area contributed by atoms with Crippen LogP contribution in [0.3, 0.4) is 0 Å². The molecule has 1 N–H and O–H groups in total. The predicted molar refractivity (Wildman–Crippen MR) is 65.8 cm³/mol. The maximum Gasteiger partial charge on any atom is 0.230 e. The van der Waals surface area contributed by atoms with E-state index in [9.17, 15) is 4.79 Å². The Balaban J connectivity index is 1.96. The maximum atomic E-state index is 11.7. The summed E-state index contributed by atoms with van der Waals surface area (Å²) in [5.41, 5.74) is 0.808. The minimum Gasteiger partial charge on any atom is -0.310 e. The number of hydrogen-bond donors (Lipinski definition) is 1. The molecule has 0 aromatic carbocycles. The Morgan fingerprint density at radius 2 is 2.12 bits per heavy atom. The first kappa shape index (κ1) is 11.5. The molecule has 1 amide bonds. The van der Waals surface area contributed by atoms with Gasteiger partial charge in [-0.15, -0.1) is 0 Å². The number of nitrogens with zero attached hydrogens (tertiary/aromatic N) is 2. The Hall–Kier alpha value is -1.94. The number of carbonyl (C=O) groups is 1. The topological polar surface area (TPSA) is 54.9 Å². The molecule has 5 heteroatoms. The molecule has 0 aliphatic carbocycles. The minimum atomic E-state index is -0.132. The molecule has 0 aliphatic rings. The highest BCUT2D eigenvalue weighted by Crippen LogP contribution is 2.07. The molecule has 0 saturated carbocycles. The van der Waals surface area contributed by atoms with Crippen molar-refractivity contribution in [2.45, 2.75) is 6.42 Å². The van der Waals surface area contributed by atoms with Crippen molar-refractivity contribution in [3.05, 3.63) is 53.4 Å². The van der Waals surface area contributed by atoms with Crippen molar-refractivity contribution in [3.8, 4) is 0 Å². The normalized spacial score (nSPS) is 9.94. The molecular formula is C12H10ClN3O. The van der Waals surface area contributed by atoms with Crippen LogP contribution in [0.4, 0.5) is 5.82 Å². The van der Waals surface area contributed by atoms with Gasteiger partial charge in [0.05, 0.1) is 6.42 Å². The molecule has 2 heterocycles. The highest BCUT2D eigenvalue weighted by molar-refractivity contribution is 6.29. The molecule has 0 aliphatic heterocycles. The maximum absolute atomic E-state index is 11.7. The van der Waals surface area contributed by atoms with Gasteiger partial charge >= 0.3 is 0 Å². The fourth-order valence-corrected chi connectivity index (χ4v) is 1.43. The first-order valence-electron chi connectivity index (χ1n) is 5.05. The van der Waals surface area contributed by atoms with Crippen molar-refractivity contribution in [3.63, 3.8) is 0 Å². The van der Waals surface area contributed by atoms with Crippen LogP contribution in [-0.4, -0.2) is 15.9 Å². The summed E-state index contributed by atoms with van der Waals surface area (Å²) in [5, 5.41) is 3.11. The van der Waals surface area contributed by atoms with E-state index in [1.807, 2.05) is 6.07 Å². The Morgan fingerprint density at radius 3 is 2.76 bits per heavy atom. The second kappa shape index (κ2) is 5.41. The van der Waals surface area contributed by atoms with Gasteiger partial charge in [-0.05, 0) is 23.8 Å². The van der Waals surface area contributed by atoms with Gasteiger partial charge in [0, 0.05) is 12.4 Å². The molecule has 17 heavy (non-hydrogen) atoms. The summed E-state index contributed by atoms with van der Waals surface area (Å²) in [4.78, 5) is 19.6. The fourth-order valence-electron chi connectivity index (χ4n) is 1.32. The third-order valence-corrected chi connectivity index (χ3v) is 2.31. The van der Waals surface area contributed by atoms with Crippen LogP contribution in [-0.2, 0) is 11.2 Å². The SMILES string of the molecule is O=C(Cc1ccc(Cl)nc1)Nc1ccccn1. The summed E-state index contributed by atoms with van der Waals surface area (Å²) in [6.45, 7) is 0. The molecule has 0 unspecified atom stereocenters. The lowest BCUT2D eigenvalue weighted by Crippen LogP contribution is -2.15. The molecule has 0 saturated heterocycles. The highest BCUT2D eigenvalue weighted by atomic mass is 35.5. The lowest BCUT2D eigenvalue weighted by molar-refractivity contribution is -0.115. The first-order valence-corrected chi connectivity index (χ1v) is 5.43. The van der Waals surface area contributed by atoms with Gasteiger partial charge in [-0.2, -0.15) is 0 Å². The predicted octanol–water partition coefficient (Wildman–Crippen LogP) is 2.31. The van der Waals surface area contributed by atoms with E-state index in [0.717, 1.165) is 5.56 Å². The average molecular weight is 248 g/mol. The van der Waals surface area contributed by atoms with E-state index in [1.54, 1.807) is 36.7 Å². The van der Waals surface area contributed by atoms with Gasteiger partial charge in [-0.3, -0.25) is 4.79 Å². The lowest BCUT2D eigenvalue weighted by atomic mass is 10.2. The second-order valence-electron chi connectivity index (χ2n) is 3.43. The van der Waals surface area contributed by atoms with E-state index >= 15 is 0 Å². The minimum absolute atomic E-state index is 0.132. The van der Waals surface area contributed by atoms with Crippen molar-refractivity contribution in [1.82, 2.24) is 9.97 Å². The summed E-state index contributed by atoms with van der Waals surface area (Å²) in [7, 11) is 0. The zero-order valence-electron chi connectivity index (χ0n) is 8.93. The molecule has 0 bridgehead atoms. The summed E-state index contributed by atoms with van der Waals surface area (Å²) >= 11 is 5.66. The van der Waals surface area contributed by atoms with Gasteiger partial charge < -0.3 is 5.32 Å². The summed E-state index contributed by atoms with van der Waals surface area (Å²) in [5.74, 6) is 0.409. The number of anilines is 1. The Kier molecular flexibility index (Phi) is 3.67. The van der Waals surface area contributed by atoms with Crippen molar-refractivity contribution in [1.29, 1.82) is 0 Å². The number of amides is 1. The van der Waals surface area contributed by atoms with Gasteiger partial charge in [-0.1, -0.05) is 23.7 Å². The zero-order valence-corrected chi connectivity index (χ0v) is 9.69. The van der Waals surface area contributed by atoms with Crippen LogP contribution in [0.1, 0.15) is 5.56 Å². The van der Waals surface area contributed by atoms with Gasteiger partial charge in [0.25, 0.3) is 0 Å². The van der Waals surface area contributed by atoms with E-state index in [-0.39, 0.29) is 12.3 Å². The van der Waals surface area contributed by atoms with Crippen molar-refractivity contribution < 1.29 is 4.79 Å². The number of pyridine rings is 2. The monoisotopic (exact) mass is 247 g/mol. The molecule has 2 aromatic heterocycles. The van der Waals surface area contributed by atoms with Crippen LogP contribution in [0.5, 0.6) is 0 Å². The van der Waals surface area contributed by atoms with Gasteiger partial charge in [0.2, 0.25) is 5.91 Å². The molecule has 2 rings (SSSR count). The smallest absolute Gasteiger partial charge is 0.230 e. The van der Waals surface area contributed by atoms with Gasteiger partial charge in [-0.25, -0.2) is 9.97 Å². The van der Waals surface area contributed by atoms with E-state index < -0.39 is 0 Å². The van der Waals surface area contributed by atoms with Crippen LogP contribution in [0, 0.1) is 0 Å². The van der Waals surface area contributed by atoms with Crippen LogP contribution < -0.4 is 5.32 Å². The molecule has 2 aromatic rings. The third-order valence-electron chi connectivity index (χ3n) is 2.09. The Morgan fingerprint density at radius 1 is 1.24 bits per heavy atom. The highest BCUT2D eigenvalue weighted by Gasteiger charge is 2.04. The molecule has 0 radical (unpaired) electrons. The van der Waals surface area contributed by atoms with Crippen molar-refractivity contribution in [2.75, 3.05) is 5.32 Å². The Bertz CT molecular complexity index is 499. The first-order chi connectivity index (χ1) is 8.24. The van der Waals surface area contributed by atoms with Crippen LogP contribution in [0.15, 0.2) is 42.7 Å². The summed E-state index contributed by atoms with van der Waals surface area (Å²) in [6.07, 6.45) is 3.46. The van der Waals surface area contributed by atoms with Crippen molar-refractivity contribution >= 4 is 23.3 Å². The van der Waals surface area contributed by atoms with E-state index in [1.165, 1.54) is 0 Å². The number of rotatable bonds is 3. The summed E-state index contributed by atoms with van der Waals surface area (Å²) in [6, 6.07) is 8.77. The largest absolute Gasteiger partial charge is 0.310 e. The lowest BCUT2D eigenvalue weighted by Gasteiger charge is -2.03. The van der Waals surface area contributed by atoms with Crippen LogP contribution in [0.2, 0.25) is 5.15 Å². The van der Waals surface area contributed by atoms with Gasteiger partial charge in [0.15, 0.2) is 0 Å². The number of hydrogen-bond acceptors (Lipinski definition) is 3. The molecule has 86 valence electrons. The molecule has 4 nitrogen and oxygen atoms in total. The summed E-state index contributed by atoms with van der Waals surface area (Å²) < 4.78 is 0. The van der Waals surface area contributed by atoms with E-state index in [2.05, 4.69) is 15.3 Å². The van der Waals surface area contributed by atoms with Crippen molar-refractivity contribution in [2.24, 2.45) is 0 Å². The Labute approximate surface area is 104 Å². The van der Waals surface area contributed by atoms with Crippen LogP contribution in [0.25, 0.3) is 0 Å². The number of halogens is 1. The second-order valence-corrected chi connectivity index (χ2v) is 3.82. The van der Waals surface area contributed by atoms with E-state index in [4.69, 9.17) is 11.6 Å². The fraction of sp³-hybridized carbons (Fsp3) is 0.0833. The number of aromatic nitrogens is 2. The van der Waals surface area contributed by atoms with Gasteiger partial charge in [0.1, 0.15) is 11.0 Å². The molecular weight excluding hydrogens is 238 g/mol. The van der Waals surface area contributed by atoms with Crippen LogP contribution >= 0.6 is 11.6 Å². The third kappa shape index (κ3) is 3.53. The van der Waals surface area contributed by atoms with E-state index in [0.29, 0.717) is 11.0 Å². The zero-order chi connectivity index (χ0) is 12.1. The molecule has 0 spiro atoms. The average Bonchev–Trinajstić information content (AvgIpc) is 2.33. The molecule has 0 atom stereocenters.